The van der Waals surface area contributed by atoms with Gasteiger partial charge in [0, 0.05) is 9.92 Å². The Balaban J connectivity index is 2.00. The van der Waals surface area contributed by atoms with Crippen LogP contribution < -0.4 is 5.32 Å². The molecular weight excluding hydrogens is 314 g/mol. The van der Waals surface area contributed by atoms with Crippen LogP contribution in [0.5, 0.6) is 0 Å². The molecule has 1 aromatic carbocycles. The average molecular weight is 328 g/mol. The van der Waals surface area contributed by atoms with E-state index < -0.39 is 0 Å². The van der Waals surface area contributed by atoms with Crippen LogP contribution in [0.4, 0.5) is 5.13 Å². The van der Waals surface area contributed by atoms with Gasteiger partial charge in [0.2, 0.25) is 11.0 Å². The van der Waals surface area contributed by atoms with Crippen molar-refractivity contribution in [2.45, 2.75) is 30.4 Å². The van der Waals surface area contributed by atoms with Gasteiger partial charge in [0.15, 0.2) is 0 Å². The molecule has 1 aromatic heterocycles. The third-order valence-corrected chi connectivity index (χ3v) is 4.89. The maximum absolute atomic E-state index is 12.2. The van der Waals surface area contributed by atoms with Gasteiger partial charge in [-0.15, -0.1) is 22.0 Å². The van der Waals surface area contributed by atoms with Gasteiger partial charge < -0.3 is 0 Å². The summed E-state index contributed by atoms with van der Waals surface area (Å²) in [4.78, 5) is 13.2. The maximum atomic E-state index is 12.2. The van der Waals surface area contributed by atoms with Gasteiger partial charge in [-0.1, -0.05) is 29.9 Å². The number of benzene rings is 1. The maximum Gasteiger partial charge on any atom is 0.239 e. The highest BCUT2D eigenvalue weighted by atomic mass is 35.5. The van der Waals surface area contributed by atoms with Crippen LogP contribution in [0.25, 0.3) is 0 Å². The highest BCUT2D eigenvalue weighted by Crippen LogP contribution is 2.27. The van der Waals surface area contributed by atoms with E-state index in [4.69, 9.17) is 11.6 Å². The number of aromatic nitrogens is 2. The molecule has 106 valence electrons. The number of carbonyl (C=O) groups is 1. The number of aryl methyl sites for hydroxylation is 1. The number of rotatable bonds is 5. The van der Waals surface area contributed by atoms with Crippen LogP contribution in [0.15, 0.2) is 29.2 Å². The van der Waals surface area contributed by atoms with Crippen molar-refractivity contribution >= 4 is 45.7 Å². The van der Waals surface area contributed by atoms with Crippen LogP contribution in [0.2, 0.25) is 5.02 Å². The molecule has 1 unspecified atom stereocenters. The molecule has 0 saturated carbocycles. The van der Waals surface area contributed by atoms with Gasteiger partial charge in [-0.3, -0.25) is 10.1 Å². The highest BCUT2D eigenvalue weighted by molar-refractivity contribution is 8.00. The fraction of sp³-hybridized carbons (Fsp3) is 0.308. The fourth-order valence-electron chi connectivity index (χ4n) is 1.53. The third kappa shape index (κ3) is 4.19. The molecular formula is C13H14ClN3OS2. The Morgan fingerprint density at radius 3 is 2.65 bits per heavy atom. The highest BCUT2D eigenvalue weighted by Gasteiger charge is 2.19. The van der Waals surface area contributed by atoms with E-state index in [0.29, 0.717) is 10.2 Å². The minimum Gasteiger partial charge on any atom is -0.300 e. The lowest BCUT2D eigenvalue weighted by Gasteiger charge is -2.13. The molecule has 0 aliphatic carbocycles. The van der Waals surface area contributed by atoms with E-state index in [-0.39, 0.29) is 11.2 Å². The van der Waals surface area contributed by atoms with Crippen molar-refractivity contribution in [2.75, 3.05) is 5.32 Å². The predicted molar refractivity (Wildman–Crippen MR) is 84.7 cm³/mol. The standard InChI is InChI=1S/C13H14ClN3OS2/c1-3-11(20-10-6-4-9(14)5-7-10)12(18)15-13-17-16-8(2)19-13/h4-7,11H,3H2,1-2H3,(H,15,17,18). The number of hydrogen-bond acceptors (Lipinski definition) is 5. The monoisotopic (exact) mass is 327 g/mol. The molecule has 20 heavy (non-hydrogen) atoms. The minimum atomic E-state index is -0.166. The number of nitrogens with one attached hydrogen (secondary N) is 1. The molecule has 0 spiro atoms. The molecule has 7 heteroatoms. The van der Waals surface area contributed by atoms with Crippen LogP contribution >= 0.6 is 34.7 Å². The van der Waals surface area contributed by atoms with E-state index in [0.717, 1.165) is 16.3 Å². The molecule has 1 N–H and O–H groups in total. The summed E-state index contributed by atoms with van der Waals surface area (Å²) in [6.07, 6.45) is 0.733. The first-order chi connectivity index (χ1) is 9.58. The van der Waals surface area contributed by atoms with E-state index in [1.165, 1.54) is 23.1 Å². The van der Waals surface area contributed by atoms with Crippen molar-refractivity contribution in [1.82, 2.24) is 10.2 Å². The number of nitrogens with zero attached hydrogens (tertiary/aromatic N) is 2. The van der Waals surface area contributed by atoms with Crippen LogP contribution in [-0.2, 0) is 4.79 Å². The van der Waals surface area contributed by atoms with Gasteiger partial charge >= 0.3 is 0 Å². The summed E-state index contributed by atoms with van der Waals surface area (Å²) in [6.45, 7) is 3.84. The predicted octanol–water partition coefficient (Wildman–Crippen LogP) is 4.01. The number of hydrogen-bond donors (Lipinski definition) is 1. The van der Waals surface area contributed by atoms with Gasteiger partial charge in [0.05, 0.1) is 5.25 Å². The number of amides is 1. The summed E-state index contributed by atoms with van der Waals surface area (Å²) in [5, 5.41) is 12.5. The molecule has 1 heterocycles. The Hall–Kier alpha value is -1.11. The normalized spacial score (nSPS) is 12.2. The van der Waals surface area contributed by atoms with Crippen molar-refractivity contribution in [3.05, 3.63) is 34.3 Å². The zero-order valence-corrected chi connectivity index (χ0v) is 13.5. The SMILES string of the molecule is CCC(Sc1ccc(Cl)cc1)C(=O)Nc1nnc(C)s1. The summed E-state index contributed by atoms with van der Waals surface area (Å²) >= 11 is 8.74. The second-order valence-electron chi connectivity index (χ2n) is 4.08. The van der Waals surface area contributed by atoms with Crippen LogP contribution in [-0.4, -0.2) is 21.4 Å². The topological polar surface area (TPSA) is 54.9 Å². The lowest BCUT2D eigenvalue weighted by Crippen LogP contribution is -2.24. The molecule has 0 radical (unpaired) electrons. The van der Waals surface area contributed by atoms with Crippen molar-refractivity contribution in [3.63, 3.8) is 0 Å². The Morgan fingerprint density at radius 2 is 2.10 bits per heavy atom. The van der Waals surface area contributed by atoms with E-state index in [9.17, 15) is 4.79 Å². The van der Waals surface area contributed by atoms with Gasteiger partial charge in [-0.05, 0) is 37.6 Å². The van der Waals surface area contributed by atoms with Crippen molar-refractivity contribution < 1.29 is 4.79 Å². The zero-order valence-electron chi connectivity index (χ0n) is 11.1. The Bertz CT molecular complexity index is 586. The summed E-state index contributed by atoms with van der Waals surface area (Å²) in [6, 6.07) is 7.47. The summed E-state index contributed by atoms with van der Waals surface area (Å²) in [5.41, 5.74) is 0. The fourth-order valence-corrected chi connectivity index (χ4v) is 3.21. The van der Waals surface area contributed by atoms with Gasteiger partial charge in [0.25, 0.3) is 0 Å². The first kappa shape index (κ1) is 15.3. The molecule has 0 bridgehead atoms. The first-order valence-electron chi connectivity index (χ1n) is 6.11. The van der Waals surface area contributed by atoms with E-state index in [1.54, 1.807) is 0 Å². The quantitative estimate of drug-likeness (QED) is 0.843. The van der Waals surface area contributed by atoms with Crippen LogP contribution in [0, 0.1) is 6.92 Å². The van der Waals surface area contributed by atoms with Gasteiger partial charge in [-0.25, -0.2) is 0 Å². The van der Waals surface area contributed by atoms with Crippen molar-refractivity contribution in [1.29, 1.82) is 0 Å². The first-order valence-corrected chi connectivity index (χ1v) is 8.19. The van der Waals surface area contributed by atoms with Gasteiger partial charge in [-0.2, -0.15) is 0 Å². The zero-order chi connectivity index (χ0) is 14.5. The molecule has 1 atom stereocenters. The molecule has 0 aliphatic heterocycles. The number of halogens is 1. The molecule has 0 saturated heterocycles. The van der Waals surface area contributed by atoms with Crippen molar-refractivity contribution in [2.24, 2.45) is 0 Å². The molecule has 2 aromatic rings. The Labute approximate surface area is 130 Å². The third-order valence-electron chi connectivity index (χ3n) is 2.51. The Kier molecular flexibility index (Phi) is 5.39. The Morgan fingerprint density at radius 1 is 1.40 bits per heavy atom. The second kappa shape index (κ2) is 7.06. The van der Waals surface area contributed by atoms with Crippen molar-refractivity contribution in [3.8, 4) is 0 Å². The number of thioether (sulfide) groups is 1. The molecule has 1 amide bonds. The summed E-state index contributed by atoms with van der Waals surface area (Å²) < 4.78 is 0. The van der Waals surface area contributed by atoms with E-state index >= 15 is 0 Å². The van der Waals surface area contributed by atoms with E-state index in [2.05, 4.69) is 15.5 Å². The summed E-state index contributed by atoms with van der Waals surface area (Å²) in [5.74, 6) is -0.0522. The van der Waals surface area contributed by atoms with E-state index in [1.807, 2.05) is 38.1 Å². The molecule has 0 aliphatic rings. The molecule has 0 fully saturated rings. The lowest BCUT2D eigenvalue weighted by molar-refractivity contribution is -0.115. The lowest BCUT2D eigenvalue weighted by atomic mass is 10.3. The smallest absolute Gasteiger partial charge is 0.239 e. The minimum absolute atomic E-state index is 0.0522. The second-order valence-corrected chi connectivity index (χ2v) is 6.98. The number of carbonyl (C=O) groups excluding carboxylic acids is 1. The average Bonchev–Trinajstić information content (AvgIpc) is 2.83. The molecule has 2 rings (SSSR count). The number of anilines is 1. The molecule has 4 nitrogen and oxygen atoms in total. The van der Waals surface area contributed by atoms with Crippen LogP contribution in [0.3, 0.4) is 0 Å². The van der Waals surface area contributed by atoms with Crippen LogP contribution in [0.1, 0.15) is 18.4 Å². The summed E-state index contributed by atoms with van der Waals surface area (Å²) in [7, 11) is 0. The largest absolute Gasteiger partial charge is 0.300 e. The van der Waals surface area contributed by atoms with Gasteiger partial charge in [0.1, 0.15) is 5.01 Å².